The molecule has 1 aromatic carbocycles. The Hall–Kier alpha value is -1.81. The van der Waals surface area contributed by atoms with Crippen LogP contribution in [0, 0.1) is 5.92 Å². The minimum atomic E-state index is -0.329. The van der Waals surface area contributed by atoms with Gasteiger partial charge in [0.25, 0.3) is 5.91 Å². The molecule has 102 valence electrons. The van der Waals surface area contributed by atoms with E-state index in [1.807, 2.05) is 32.0 Å². The summed E-state index contributed by atoms with van der Waals surface area (Å²) in [6.07, 6.45) is 3.01. The van der Waals surface area contributed by atoms with Gasteiger partial charge in [-0.1, -0.05) is 43.6 Å². The second-order valence-corrected chi connectivity index (χ2v) is 4.87. The van der Waals surface area contributed by atoms with Gasteiger partial charge in [0.15, 0.2) is 5.96 Å². The quantitative estimate of drug-likeness (QED) is 0.505. The van der Waals surface area contributed by atoms with E-state index in [0.717, 1.165) is 5.56 Å². The molecule has 0 saturated carbocycles. The van der Waals surface area contributed by atoms with Gasteiger partial charge in [0.2, 0.25) is 0 Å². The largest absolute Gasteiger partial charge is 0.370 e. The Morgan fingerprint density at radius 3 is 2.79 bits per heavy atom. The fourth-order valence-corrected chi connectivity index (χ4v) is 1.46. The molecule has 0 radical (unpaired) electrons. The molecule has 4 nitrogen and oxygen atoms in total. The highest BCUT2D eigenvalue weighted by Gasteiger charge is 2.00. The summed E-state index contributed by atoms with van der Waals surface area (Å²) in [5.41, 5.74) is 6.35. The van der Waals surface area contributed by atoms with Crippen molar-refractivity contribution in [2.75, 3.05) is 6.54 Å². The van der Waals surface area contributed by atoms with Crippen molar-refractivity contribution in [3.8, 4) is 0 Å². The van der Waals surface area contributed by atoms with Crippen molar-refractivity contribution in [2.45, 2.75) is 13.8 Å². The van der Waals surface area contributed by atoms with Crippen molar-refractivity contribution in [1.29, 1.82) is 0 Å². The van der Waals surface area contributed by atoms with Gasteiger partial charge in [-0.05, 0) is 23.6 Å². The number of hydrogen-bond acceptors (Lipinski definition) is 2. The molecule has 0 aliphatic carbocycles. The number of benzene rings is 1. The first kappa shape index (κ1) is 15.2. The zero-order valence-electron chi connectivity index (χ0n) is 11.1. The minimum absolute atomic E-state index is 0.127. The third-order valence-corrected chi connectivity index (χ3v) is 2.54. The van der Waals surface area contributed by atoms with Crippen LogP contribution in [0.4, 0.5) is 0 Å². The zero-order chi connectivity index (χ0) is 14.3. The van der Waals surface area contributed by atoms with Crippen LogP contribution in [-0.4, -0.2) is 18.4 Å². The van der Waals surface area contributed by atoms with Crippen LogP contribution in [0.2, 0.25) is 5.02 Å². The summed E-state index contributed by atoms with van der Waals surface area (Å²) in [6.45, 7) is 4.63. The molecule has 0 spiro atoms. The molecule has 0 atom stereocenters. The number of aliphatic imine (C=N–C) groups is 1. The minimum Gasteiger partial charge on any atom is -0.370 e. The van der Waals surface area contributed by atoms with E-state index in [0.29, 0.717) is 17.5 Å². The number of nitrogens with one attached hydrogen (secondary N) is 1. The molecule has 0 aromatic heterocycles. The molecule has 5 heteroatoms. The van der Waals surface area contributed by atoms with Gasteiger partial charge in [0.05, 0.1) is 0 Å². The number of carbonyl (C=O) groups is 1. The van der Waals surface area contributed by atoms with E-state index in [-0.39, 0.29) is 11.9 Å². The predicted octanol–water partition coefficient (Wildman–Crippen LogP) is 2.44. The first-order valence-electron chi connectivity index (χ1n) is 6.02. The number of rotatable bonds is 4. The van der Waals surface area contributed by atoms with Crippen LogP contribution in [0.1, 0.15) is 19.4 Å². The van der Waals surface area contributed by atoms with E-state index in [4.69, 9.17) is 17.3 Å². The molecule has 1 amide bonds. The molecule has 1 rings (SSSR count). The molecule has 0 bridgehead atoms. The lowest BCUT2D eigenvalue weighted by Gasteiger charge is -2.03. The van der Waals surface area contributed by atoms with E-state index in [1.165, 1.54) is 6.08 Å². The number of amides is 1. The number of halogens is 1. The predicted molar refractivity (Wildman–Crippen MR) is 80.0 cm³/mol. The molecule has 0 heterocycles. The summed E-state index contributed by atoms with van der Waals surface area (Å²) in [4.78, 5) is 15.6. The van der Waals surface area contributed by atoms with Crippen molar-refractivity contribution in [2.24, 2.45) is 16.6 Å². The van der Waals surface area contributed by atoms with Crippen LogP contribution in [0.5, 0.6) is 0 Å². The second kappa shape index (κ2) is 7.59. The first-order chi connectivity index (χ1) is 8.99. The van der Waals surface area contributed by atoms with Crippen LogP contribution in [0.3, 0.4) is 0 Å². The van der Waals surface area contributed by atoms with Crippen LogP contribution in [0.15, 0.2) is 35.3 Å². The van der Waals surface area contributed by atoms with E-state index < -0.39 is 0 Å². The molecule has 1 aromatic rings. The third kappa shape index (κ3) is 6.06. The van der Waals surface area contributed by atoms with E-state index in [9.17, 15) is 4.79 Å². The van der Waals surface area contributed by atoms with E-state index >= 15 is 0 Å². The molecular formula is C14H18ClN3O. The highest BCUT2D eigenvalue weighted by atomic mass is 35.5. The van der Waals surface area contributed by atoms with E-state index in [1.54, 1.807) is 12.1 Å². The molecule has 0 fully saturated rings. The van der Waals surface area contributed by atoms with Gasteiger partial charge in [-0.2, -0.15) is 0 Å². The molecule has 0 saturated heterocycles. The van der Waals surface area contributed by atoms with Crippen LogP contribution in [0.25, 0.3) is 6.08 Å². The average Bonchev–Trinajstić information content (AvgIpc) is 2.35. The van der Waals surface area contributed by atoms with E-state index in [2.05, 4.69) is 10.3 Å². The van der Waals surface area contributed by atoms with Crippen LogP contribution in [-0.2, 0) is 4.79 Å². The maximum absolute atomic E-state index is 11.6. The maximum atomic E-state index is 11.6. The Bertz CT molecular complexity index is 495. The summed E-state index contributed by atoms with van der Waals surface area (Å²) >= 11 is 5.97. The molecule has 19 heavy (non-hydrogen) atoms. The maximum Gasteiger partial charge on any atom is 0.250 e. The lowest BCUT2D eigenvalue weighted by molar-refractivity contribution is -0.115. The molecule has 0 aliphatic heterocycles. The third-order valence-electron chi connectivity index (χ3n) is 2.20. The van der Waals surface area contributed by atoms with Crippen molar-refractivity contribution >= 4 is 29.5 Å². The highest BCUT2D eigenvalue weighted by Crippen LogP contribution is 2.15. The molecular weight excluding hydrogens is 262 g/mol. The van der Waals surface area contributed by atoms with Gasteiger partial charge in [-0.3, -0.25) is 15.1 Å². The molecule has 0 unspecified atom stereocenters. The zero-order valence-corrected chi connectivity index (χ0v) is 11.8. The Labute approximate surface area is 118 Å². The summed E-state index contributed by atoms with van der Waals surface area (Å²) in [6, 6.07) is 7.26. The standard InChI is InChI=1S/C14H18ClN3O/c1-10(2)9-17-14(16)18-13(19)8-7-11-5-3-4-6-12(11)15/h3-8,10H,9H2,1-2H3,(H3,16,17,18,19)/b8-7+. The first-order valence-corrected chi connectivity index (χ1v) is 6.40. The lowest BCUT2D eigenvalue weighted by Crippen LogP contribution is -2.36. The smallest absolute Gasteiger partial charge is 0.250 e. The Balaban J connectivity index is 2.56. The van der Waals surface area contributed by atoms with Gasteiger partial charge in [0, 0.05) is 17.6 Å². The van der Waals surface area contributed by atoms with Gasteiger partial charge < -0.3 is 5.73 Å². The van der Waals surface area contributed by atoms with Crippen molar-refractivity contribution < 1.29 is 4.79 Å². The van der Waals surface area contributed by atoms with Gasteiger partial charge >= 0.3 is 0 Å². The number of guanidine groups is 1. The number of hydrogen-bond donors (Lipinski definition) is 2. The fraction of sp³-hybridized carbons (Fsp3) is 0.286. The molecule has 0 aliphatic rings. The summed E-state index contributed by atoms with van der Waals surface area (Å²) in [7, 11) is 0. The average molecular weight is 280 g/mol. The van der Waals surface area contributed by atoms with Gasteiger partial charge in [0.1, 0.15) is 0 Å². The van der Waals surface area contributed by atoms with Gasteiger partial charge in [-0.15, -0.1) is 0 Å². The summed E-state index contributed by atoms with van der Waals surface area (Å²) in [5, 5.41) is 3.07. The topological polar surface area (TPSA) is 67.5 Å². The van der Waals surface area contributed by atoms with Gasteiger partial charge in [-0.25, -0.2) is 0 Å². The van der Waals surface area contributed by atoms with Crippen LogP contribution < -0.4 is 11.1 Å². The Kier molecular flexibility index (Phi) is 6.09. The summed E-state index contributed by atoms with van der Waals surface area (Å²) < 4.78 is 0. The van der Waals surface area contributed by atoms with Crippen molar-refractivity contribution in [3.63, 3.8) is 0 Å². The Morgan fingerprint density at radius 1 is 1.47 bits per heavy atom. The fourth-order valence-electron chi connectivity index (χ4n) is 1.26. The molecule has 3 N–H and O–H groups in total. The Morgan fingerprint density at radius 2 is 2.16 bits per heavy atom. The lowest BCUT2D eigenvalue weighted by atomic mass is 10.2. The normalized spacial score (nSPS) is 12.1. The monoisotopic (exact) mass is 279 g/mol. The SMILES string of the molecule is CC(C)CN=C(N)NC(=O)/C=C/c1ccccc1Cl. The van der Waals surface area contributed by atoms with Crippen LogP contribution >= 0.6 is 11.6 Å². The van der Waals surface area contributed by atoms with Crippen molar-refractivity contribution in [3.05, 3.63) is 40.9 Å². The second-order valence-electron chi connectivity index (χ2n) is 4.46. The highest BCUT2D eigenvalue weighted by molar-refractivity contribution is 6.32. The number of carbonyl (C=O) groups excluding carboxylic acids is 1. The number of nitrogens with two attached hydrogens (primary N) is 1. The number of nitrogens with zero attached hydrogens (tertiary/aromatic N) is 1. The summed E-state index contributed by atoms with van der Waals surface area (Å²) in [5.74, 6) is 0.196. The van der Waals surface area contributed by atoms with Crippen molar-refractivity contribution in [1.82, 2.24) is 5.32 Å².